The molecule has 126 valence electrons. The second-order valence-corrected chi connectivity index (χ2v) is 5.98. The molecule has 0 aliphatic carbocycles. The van der Waals surface area contributed by atoms with Gasteiger partial charge in [0.1, 0.15) is 11.9 Å². The first kappa shape index (κ1) is 17.2. The molecule has 0 spiro atoms. The van der Waals surface area contributed by atoms with Crippen LogP contribution in [0.15, 0.2) is 77.8 Å². The number of methoxy groups -OCH3 is 1. The molecule has 3 aromatic rings. The Labute approximate surface area is 152 Å². The molecule has 0 bridgehead atoms. The average molecular weight is 352 g/mol. The summed E-state index contributed by atoms with van der Waals surface area (Å²) in [6.45, 7) is 0. The lowest BCUT2D eigenvalue weighted by atomic mass is 10.00. The van der Waals surface area contributed by atoms with Crippen molar-refractivity contribution in [3.8, 4) is 5.75 Å². The molecule has 0 radical (unpaired) electrons. The summed E-state index contributed by atoms with van der Waals surface area (Å²) in [6.07, 6.45) is 0.965. The summed E-state index contributed by atoms with van der Waals surface area (Å²) in [5.41, 5.74) is 3.08. The summed E-state index contributed by atoms with van der Waals surface area (Å²) >= 11 is 6.12. The van der Waals surface area contributed by atoms with Gasteiger partial charge >= 0.3 is 0 Å². The van der Waals surface area contributed by atoms with Gasteiger partial charge in [0, 0.05) is 16.8 Å². The molecule has 0 heterocycles. The summed E-state index contributed by atoms with van der Waals surface area (Å²) in [4.78, 5) is 4.54. The Bertz CT molecular complexity index is 861. The number of aliphatic hydroxyl groups excluding tert-OH is 1. The zero-order chi connectivity index (χ0) is 17.6. The smallest absolute Gasteiger partial charge is 0.118 e. The van der Waals surface area contributed by atoms with Crippen molar-refractivity contribution in [2.75, 3.05) is 7.11 Å². The molecule has 3 nitrogen and oxygen atoms in total. The molecule has 0 fully saturated rings. The van der Waals surface area contributed by atoms with Crippen LogP contribution in [-0.4, -0.2) is 18.4 Å². The van der Waals surface area contributed by atoms with Crippen LogP contribution in [0.2, 0.25) is 5.02 Å². The van der Waals surface area contributed by atoms with Crippen molar-refractivity contribution in [1.82, 2.24) is 0 Å². The SMILES string of the molecule is COc1ccc(C=Nc2ccc(Cl)cc2[C@H](O)c2ccccc2)cc1. The van der Waals surface area contributed by atoms with E-state index in [1.807, 2.05) is 60.7 Å². The molecule has 3 aromatic carbocycles. The Balaban J connectivity index is 1.92. The van der Waals surface area contributed by atoms with E-state index in [1.54, 1.807) is 25.5 Å². The number of aliphatic hydroxyl groups is 1. The number of nitrogens with zero attached hydrogens (tertiary/aromatic N) is 1. The minimum Gasteiger partial charge on any atom is -0.497 e. The maximum Gasteiger partial charge on any atom is 0.118 e. The first-order valence-corrected chi connectivity index (χ1v) is 8.26. The van der Waals surface area contributed by atoms with Crippen molar-refractivity contribution in [2.45, 2.75) is 6.10 Å². The van der Waals surface area contributed by atoms with Gasteiger partial charge in [0.2, 0.25) is 0 Å². The number of hydrogen-bond acceptors (Lipinski definition) is 3. The van der Waals surface area contributed by atoms with Gasteiger partial charge in [-0.2, -0.15) is 0 Å². The number of halogens is 1. The summed E-state index contributed by atoms with van der Waals surface area (Å²) in [5.74, 6) is 0.795. The van der Waals surface area contributed by atoms with Crippen LogP contribution in [-0.2, 0) is 0 Å². The van der Waals surface area contributed by atoms with Gasteiger partial charge in [0.05, 0.1) is 12.8 Å². The van der Waals surface area contributed by atoms with Crippen LogP contribution >= 0.6 is 11.6 Å². The first-order chi connectivity index (χ1) is 12.2. The standard InChI is InChI=1S/C21H18ClNO2/c1-25-18-10-7-15(8-11-18)14-23-20-12-9-17(22)13-19(20)21(24)16-5-3-2-4-6-16/h2-14,21,24H,1H3/t21-/m1/s1. The molecule has 0 saturated carbocycles. The van der Waals surface area contributed by atoms with Gasteiger partial charge in [-0.05, 0) is 53.6 Å². The Morgan fingerprint density at radius 1 is 1.00 bits per heavy atom. The van der Waals surface area contributed by atoms with E-state index in [1.165, 1.54) is 0 Å². The Kier molecular flexibility index (Phi) is 5.49. The number of hydrogen-bond donors (Lipinski definition) is 1. The van der Waals surface area contributed by atoms with Gasteiger partial charge in [-0.25, -0.2) is 0 Å². The van der Waals surface area contributed by atoms with E-state index in [9.17, 15) is 5.11 Å². The van der Waals surface area contributed by atoms with E-state index in [2.05, 4.69) is 4.99 Å². The summed E-state index contributed by atoms with van der Waals surface area (Å²) in [5, 5.41) is 11.3. The van der Waals surface area contributed by atoms with Crippen molar-refractivity contribution in [3.63, 3.8) is 0 Å². The Morgan fingerprint density at radius 2 is 1.72 bits per heavy atom. The van der Waals surface area contributed by atoms with Crippen molar-refractivity contribution in [2.24, 2.45) is 4.99 Å². The molecule has 1 atom stereocenters. The van der Waals surface area contributed by atoms with Gasteiger partial charge in [-0.3, -0.25) is 4.99 Å². The highest BCUT2D eigenvalue weighted by Gasteiger charge is 2.14. The molecule has 0 aliphatic rings. The normalized spacial score (nSPS) is 12.3. The molecular weight excluding hydrogens is 334 g/mol. The van der Waals surface area contributed by atoms with Crippen molar-refractivity contribution in [3.05, 3.63) is 94.5 Å². The highest BCUT2D eigenvalue weighted by molar-refractivity contribution is 6.30. The molecule has 3 rings (SSSR count). The third-order valence-electron chi connectivity index (χ3n) is 3.87. The molecule has 25 heavy (non-hydrogen) atoms. The fraction of sp³-hybridized carbons (Fsp3) is 0.0952. The molecule has 0 amide bonds. The lowest BCUT2D eigenvalue weighted by Gasteiger charge is -2.14. The van der Waals surface area contributed by atoms with E-state index in [-0.39, 0.29) is 0 Å². The second kappa shape index (κ2) is 7.97. The lowest BCUT2D eigenvalue weighted by molar-refractivity contribution is 0.221. The van der Waals surface area contributed by atoms with Gasteiger partial charge < -0.3 is 9.84 Å². The summed E-state index contributed by atoms with van der Waals surface area (Å²) < 4.78 is 5.15. The van der Waals surface area contributed by atoms with Crippen molar-refractivity contribution < 1.29 is 9.84 Å². The van der Waals surface area contributed by atoms with E-state index >= 15 is 0 Å². The predicted octanol–water partition coefficient (Wildman–Crippen LogP) is 5.18. The zero-order valence-corrected chi connectivity index (χ0v) is 14.5. The van der Waals surface area contributed by atoms with E-state index in [4.69, 9.17) is 16.3 Å². The number of benzene rings is 3. The van der Waals surface area contributed by atoms with Crippen LogP contribution < -0.4 is 4.74 Å². The van der Waals surface area contributed by atoms with Gasteiger partial charge in [-0.1, -0.05) is 41.9 Å². The van der Waals surface area contributed by atoms with Gasteiger partial charge in [-0.15, -0.1) is 0 Å². The molecular formula is C21H18ClNO2. The third kappa shape index (κ3) is 4.27. The molecule has 0 aliphatic heterocycles. The average Bonchev–Trinajstić information content (AvgIpc) is 2.67. The fourth-order valence-electron chi connectivity index (χ4n) is 2.51. The van der Waals surface area contributed by atoms with Crippen molar-refractivity contribution in [1.29, 1.82) is 0 Å². The van der Waals surface area contributed by atoms with Crippen LogP contribution in [0.4, 0.5) is 5.69 Å². The Morgan fingerprint density at radius 3 is 2.40 bits per heavy atom. The van der Waals surface area contributed by atoms with Crippen LogP contribution in [0.1, 0.15) is 22.8 Å². The largest absolute Gasteiger partial charge is 0.497 e. The monoisotopic (exact) mass is 351 g/mol. The maximum absolute atomic E-state index is 10.7. The van der Waals surface area contributed by atoms with E-state index in [0.29, 0.717) is 16.3 Å². The molecule has 0 saturated heterocycles. The van der Waals surface area contributed by atoms with E-state index < -0.39 is 6.10 Å². The zero-order valence-electron chi connectivity index (χ0n) is 13.8. The first-order valence-electron chi connectivity index (χ1n) is 7.88. The summed E-state index contributed by atoms with van der Waals surface area (Å²) in [6, 6.07) is 22.4. The second-order valence-electron chi connectivity index (χ2n) is 5.55. The molecule has 4 heteroatoms. The van der Waals surface area contributed by atoms with E-state index in [0.717, 1.165) is 16.9 Å². The highest BCUT2D eigenvalue weighted by atomic mass is 35.5. The highest BCUT2D eigenvalue weighted by Crippen LogP contribution is 2.32. The van der Waals surface area contributed by atoms with Gasteiger partial charge in [0.25, 0.3) is 0 Å². The Hall–Kier alpha value is -2.62. The lowest BCUT2D eigenvalue weighted by Crippen LogP contribution is -2.00. The minimum atomic E-state index is -0.789. The third-order valence-corrected chi connectivity index (χ3v) is 4.10. The van der Waals surface area contributed by atoms with Crippen LogP contribution in [0, 0.1) is 0 Å². The minimum absolute atomic E-state index is 0.563. The molecule has 1 N–H and O–H groups in total. The van der Waals surface area contributed by atoms with Gasteiger partial charge in [0.15, 0.2) is 0 Å². The van der Waals surface area contributed by atoms with Crippen molar-refractivity contribution >= 4 is 23.5 Å². The number of ether oxygens (including phenoxy) is 1. The van der Waals surface area contributed by atoms with Crippen LogP contribution in [0.3, 0.4) is 0 Å². The molecule has 0 aromatic heterocycles. The quantitative estimate of drug-likeness (QED) is 0.643. The number of aliphatic imine (C=N–C) groups is 1. The topological polar surface area (TPSA) is 41.8 Å². The number of rotatable bonds is 5. The van der Waals surface area contributed by atoms with Crippen LogP contribution in [0.25, 0.3) is 0 Å². The van der Waals surface area contributed by atoms with Crippen LogP contribution in [0.5, 0.6) is 5.75 Å². The summed E-state index contributed by atoms with van der Waals surface area (Å²) in [7, 11) is 1.63. The predicted molar refractivity (Wildman–Crippen MR) is 102 cm³/mol. The fourth-order valence-corrected chi connectivity index (χ4v) is 2.69. The maximum atomic E-state index is 10.7. The molecule has 0 unspecified atom stereocenters.